The minimum absolute atomic E-state index is 0.433. The van der Waals surface area contributed by atoms with Crippen LogP contribution in [0.2, 0.25) is 0 Å². The number of ether oxygens (including phenoxy) is 1. The molecular weight excluding hydrogens is 484 g/mol. The molecule has 182 valence electrons. The number of fused-ring (bicyclic) bond motifs is 9. The molecule has 0 saturated carbocycles. The first-order valence-electron chi connectivity index (χ1n) is 13.0. The summed E-state index contributed by atoms with van der Waals surface area (Å²) < 4.78 is 6.85. The SMILES string of the molecule is CC12CC=CC=C1C1(c3cc(-c4nnc(-c5ccccc5)s4)ccc3O2)c2ccccc2-c2ccccc21. The van der Waals surface area contributed by atoms with E-state index in [1.165, 1.54) is 33.4 Å². The van der Waals surface area contributed by atoms with Crippen LogP contribution in [0.4, 0.5) is 0 Å². The van der Waals surface area contributed by atoms with Gasteiger partial charge in [-0.15, -0.1) is 10.2 Å². The summed E-state index contributed by atoms with van der Waals surface area (Å²) in [7, 11) is 0. The van der Waals surface area contributed by atoms with Crippen LogP contribution in [0.15, 0.2) is 121 Å². The molecule has 0 radical (unpaired) electrons. The molecule has 3 aliphatic rings. The standard InChI is InChI=1S/C34H24N2OS/c1-33-20-10-9-17-30(33)34(26-15-7-5-13-24(26)25-14-6-8-16-27(25)34)28-21-23(18-19-29(28)37-33)32-36-35-31(38-32)22-11-3-2-4-12-22/h2-19,21H,20H2,1H3. The van der Waals surface area contributed by atoms with Crippen LogP contribution in [0.3, 0.4) is 0 Å². The fraction of sp³-hybridized carbons (Fsp3) is 0.118. The van der Waals surface area contributed by atoms with E-state index in [2.05, 4.69) is 114 Å². The van der Waals surface area contributed by atoms with Crippen LogP contribution in [-0.4, -0.2) is 15.8 Å². The molecule has 1 unspecified atom stereocenters. The third-order valence-corrected chi connectivity index (χ3v) is 9.27. The molecular formula is C34H24N2OS. The van der Waals surface area contributed by atoms with E-state index in [0.29, 0.717) is 0 Å². The van der Waals surface area contributed by atoms with Crippen molar-refractivity contribution in [3.8, 4) is 38.0 Å². The quantitative estimate of drug-likeness (QED) is 0.241. The molecule has 4 heteroatoms. The minimum Gasteiger partial charge on any atom is -0.482 e. The first kappa shape index (κ1) is 21.8. The van der Waals surface area contributed by atoms with Crippen molar-refractivity contribution in [2.75, 3.05) is 0 Å². The van der Waals surface area contributed by atoms with E-state index in [4.69, 9.17) is 4.74 Å². The van der Waals surface area contributed by atoms with E-state index in [1.54, 1.807) is 11.3 Å². The van der Waals surface area contributed by atoms with Gasteiger partial charge < -0.3 is 4.74 Å². The molecule has 1 spiro atoms. The Morgan fingerprint density at radius 3 is 2.11 bits per heavy atom. The van der Waals surface area contributed by atoms with Crippen molar-refractivity contribution in [1.29, 1.82) is 0 Å². The average molecular weight is 509 g/mol. The lowest BCUT2D eigenvalue weighted by Crippen LogP contribution is -2.50. The lowest BCUT2D eigenvalue weighted by molar-refractivity contribution is 0.102. The minimum atomic E-state index is -0.441. The number of allylic oxidation sites excluding steroid dienone is 2. The van der Waals surface area contributed by atoms with E-state index < -0.39 is 11.0 Å². The largest absolute Gasteiger partial charge is 0.482 e. The van der Waals surface area contributed by atoms with Crippen molar-refractivity contribution in [3.63, 3.8) is 0 Å². The van der Waals surface area contributed by atoms with E-state index in [0.717, 1.165) is 33.3 Å². The van der Waals surface area contributed by atoms with Crippen LogP contribution in [-0.2, 0) is 5.41 Å². The lowest BCUT2D eigenvalue weighted by Gasteiger charge is -2.50. The smallest absolute Gasteiger partial charge is 0.148 e. The number of rotatable bonds is 2. The second-order valence-electron chi connectivity index (χ2n) is 10.4. The predicted octanol–water partition coefficient (Wildman–Crippen LogP) is 8.22. The van der Waals surface area contributed by atoms with Crippen LogP contribution < -0.4 is 4.74 Å². The van der Waals surface area contributed by atoms with Crippen LogP contribution in [0.5, 0.6) is 5.75 Å². The molecule has 0 amide bonds. The van der Waals surface area contributed by atoms with Gasteiger partial charge >= 0.3 is 0 Å². The van der Waals surface area contributed by atoms with Gasteiger partial charge in [-0.2, -0.15) is 0 Å². The third kappa shape index (κ3) is 2.84. The van der Waals surface area contributed by atoms with Crippen LogP contribution >= 0.6 is 11.3 Å². The summed E-state index contributed by atoms with van der Waals surface area (Å²) in [6, 6.07) is 34.6. The van der Waals surface area contributed by atoms with E-state index in [1.807, 2.05) is 18.2 Å². The highest BCUT2D eigenvalue weighted by Gasteiger charge is 2.57. The Morgan fingerprint density at radius 1 is 0.711 bits per heavy atom. The predicted molar refractivity (Wildman–Crippen MR) is 153 cm³/mol. The van der Waals surface area contributed by atoms with Crippen LogP contribution in [0.25, 0.3) is 32.3 Å². The summed E-state index contributed by atoms with van der Waals surface area (Å²) in [6.07, 6.45) is 7.53. The molecule has 2 aliphatic carbocycles. The number of benzene rings is 4. The number of hydrogen-bond donors (Lipinski definition) is 0. The van der Waals surface area contributed by atoms with Crippen LogP contribution in [0.1, 0.15) is 30.0 Å². The summed E-state index contributed by atoms with van der Waals surface area (Å²) in [5.41, 5.74) is 8.95. The van der Waals surface area contributed by atoms with Crippen molar-refractivity contribution in [2.45, 2.75) is 24.4 Å². The molecule has 5 aromatic rings. The normalized spacial score (nSPS) is 19.7. The topological polar surface area (TPSA) is 35.0 Å². The summed E-state index contributed by atoms with van der Waals surface area (Å²) in [5.74, 6) is 0.933. The maximum Gasteiger partial charge on any atom is 0.148 e. The van der Waals surface area contributed by atoms with Gasteiger partial charge in [0.15, 0.2) is 0 Å². The van der Waals surface area contributed by atoms with Gasteiger partial charge in [0.25, 0.3) is 0 Å². The van der Waals surface area contributed by atoms with Gasteiger partial charge in [0, 0.05) is 23.1 Å². The molecule has 38 heavy (non-hydrogen) atoms. The molecule has 2 heterocycles. The molecule has 0 N–H and O–H groups in total. The Hall–Kier alpha value is -4.28. The van der Waals surface area contributed by atoms with Gasteiger partial charge in [-0.05, 0) is 52.9 Å². The highest BCUT2D eigenvalue weighted by molar-refractivity contribution is 7.17. The summed E-state index contributed by atoms with van der Waals surface area (Å²) >= 11 is 1.63. The van der Waals surface area contributed by atoms with Crippen LogP contribution in [0, 0.1) is 0 Å². The summed E-state index contributed by atoms with van der Waals surface area (Å²) in [4.78, 5) is 0. The summed E-state index contributed by atoms with van der Waals surface area (Å²) in [6.45, 7) is 2.24. The molecule has 1 aromatic heterocycles. The van der Waals surface area contributed by atoms with Crippen molar-refractivity contribution in [1.82, 2.24) is 10.2 Å². The average Bonchev–Trinajstić information content (AvgIpc) is 3.57. The van der Waals surface area contributed by atoms with Gasteiger partial charge in [-0.25, -0.2) is 0 Å². The maximum absolute atomic E-state index is 6.85. The Kier molecular flexibility index (Phi) is 4.50. The molecule has 0 bridgehead atoms. The monoisotopic (exact) mass is 508 g/mol. The molecule has 0 saturated heterocycles. The van der Waals surface area contributed by atoms with Crippen molar-refractivity contribution in [3.05, 3.63) is 138 Å². The number of aromatic nitrogens is 2. The molecule has 1 atom stereocenters. The Bertz CT molecular complexity index is 1750. The van der Waals surface area contributed by atoms with E-state index >= 15 is 0 Å². The fourth-order valence-corrected chi connectivity index (χ4v) is 7.49. The van der Waals surface area contributed by atoms with Gasteiger partial charge in [-0.3, -0.25) is 0 Å². The van der Waals surface area contributed by atoms with E-state index in [-0.39, 0.29) is 0 Å². The van der Waals surface area contributed by atoms with Gasteiger partial charge in [0.2, 0.25) is 0 Å². The zero-order chi connectivity index (χ0) is 25.3. The zero-order valence-electron chi connectivity index (χ0n) is 20.9. The fourth-order valence-electron chi connectivity index (χ4n) is 6.65. The van der Waals surface area contributed by atoms with Gasteiger partial charge in [-0.1, -0.05) is 108 Å². The van der Waals surface area contributed by atoms with Gasteiger partial charge in [0.1, 0.15) is 21.4 Å². The molecule has 3 nitrogen and oxygen atoms in total. The number of hydrogen-bond acceptors (Lipinski definition) is 4. The summed E-state index contributed by atoms with van der Waals surface area (Å²) in [5, 5.41) is 11.0. The molecule has 8 rings (SSSR count). The highest BCUT2D eigenvalue weighted by atomic mass is 32.1. The second-order valence-corrected chi connectivity index (χ2v) is 11.4. The Balaban J connectivity index is 1.41. The maximum atomic E-state index is 6.85. The van der Waals surface area contributed by atoms with Crippen molar-refractivity contribution >= 4 is 11.3 Å². The lowest BCUT2D eigenvalue weighted by atomic mass is 9.59. The number of nitrogens with zero attached hydrogens (tertiary/aromatic N) is 2. The zero-order valence-corrected chi connectivity index (χ0v) is 21.7. The third-order valence-electron chi connectivity index (χ3n) is 8.24. The highest BCUT2D eigenvalue weighted by Crippen LogP contribution is 2.63. The van der Waals surface area contributed by atoms with E-state index in [9.17, 15) is 0 Å². The van der Waals surface area contributed by atoms with Crippen molar-refractivity contribution in [2.24, 2.45) is 0 Å². The second kappa shape index (κ2) is 7.86. The first-order valence-corrected chi connectivity index (χ1v) is 13.8. The van der Waals surface area contributed by atoms with Crippen molar-refractivity contribution < 1.29 is 4.74 Å². The Labute approximate surface area is 225 Å². The first-order chi connectivity index (χ1) is 18.7. The Morgan fingerprint density at radius 2 is 1.37 bits per heavy atom. The van der Waals surface area contributed by atoms with Gasteiger partial charge in [0.05, 0.1) is 5.41 Å². The molecule has 0 fully saturated rings. The molecule has 1 aliphatic heterocycles. The molecule has 4 aromatic carbocycles.